The lowest BCUT2D eigenvalue weighted by atomic mass is 10.2. The summed E-state index contributed by atoms with van der Waals surface area (Å²) >= 11 is 3.20. The molecule has 0 saturated heterocycles. The maximum atomic E-state index is 5.87. The van der Waals surface area contributed by atoms with Crippen LogP contribution in [0.2, 0.25) is 0 Å². The van der Waals surface area contributed by atoms with E-state index in [1.54, 1.807) is 29.4 Å². The maximum Gasteiger partial charge on any atom is 0.236 e. The highest BCUT2D eigenvalue weighted by molar-refractivity contribution is 7.98. The number of aryl methyl sites for hydroxylation is 2. The van der Waals surface area contributed by atoms with Gasteiger partial charge in [0, 0.05) is 11.4 Å². The Balaban J connectivity index is 1.48. The van der Waals surface area contributed by atoms with Gasteiger partial charge in [-0.15, -0.1) is 21.5 Å². The molecule has 30 heavy (non-hydrogen) atoms. The van der Waals surface area contributed by atoms with Crippen LogP contribution < -0.4 is 0 Å². The van der Waals surface area contributed by atoms with Crippen LogP contribution in [0, 0.1) is 13.8 Å². The van der Waals surface area contributed by atoms with Crippen molar-refractivity contribution < 1.29 is 8.83 Å². The van der Waals surface area contributed by atoms with Crippen molar-refractivity contribution in [2.45, 2.75) is 24.8 Å². The standard InChI is InChI=1S/C22H18N4O2S2/c1-14-17(10-11-27-14)20-24-25-22(26(20)16-7-4-3-5-8-16)30-13-18-15(2)28-21(23-18)19-9-6-12-29-19/h3-12H,13H2,1-2H3. The molecule has 150 valence electrons. The van der Waals surface area contributed by atoms with Crippen molar-refractivity contribution >= 4 is 23.1 Å². The van der Waals surface area contributed by atoms with Crippen molar-refractivity contribution in [3.05, 3.63) is 77.4 Å². The third kappa shape index (κ3) is 3.48. The summed E-state index contributed by atoms with van der Waals surface area (Å²) in [6.45, 7) is 3.87. The molecule has 8 heteroatoms. The van der Waals surface area contributed by atoms with E-state index in [1.807, 2.05) is 67.8 Å². The second-order valence-corrected chi connectivity index (χ2v) is 8.55. The molecular weight excluding hydrogens is 416 g/mol. The molecule has 4 heterocycles. The first kappa shape index (κ1) is 18.9. The Hall–Kier alpha value is -3.10. The number of rotatable bonds is 6. The summed E-state index contributed by atoms with van der Waals surface area (Å²) < 4.78 is 13.4. The molecule has 0 radical (unpaired) electrons. The molecule has 0 bridgehead atoms. The number of furan rings is 1. The summed E-state index contributed by atoms with van der Waals surface area (Å²) in [6.07, 6.45) is 1.67. The summed E-state index contributed by atoms with van der Waals surface area (Å²) in [5, 5.41) is 11.7. The van der Waals surface area contributed by atoms with Crippen LogP contribution in [0.1, 0.15) is 17.2 Å². The zero-order valence-corrected chi connectivity index (χ0v) is 18.0. The number of benzene rings is 1. The highest BCUT2D eigenvalue weighted by Crippen LogP contribution is 2.33. The summed E-state index contributed by atoms with van der Waals surface area (Å²) in [7, 11) is 0. The quantitative estimate of drug-likeness (QED) is 0.298. The molecule has 6 nitrogen and oxygen atoms in total. The van der Waals surface area contributed by atoms with Crippen molar-refractivity contribution in [1.82, 2.24) is 19.7 Å². The van der Waals surface area contributed by atoms with Crippen molar-refractivity contribution in [3.8, 4) is 27.8 Å². The van der Waals surface area contributed by atoms with Gasteiger partial charge in [0.2, 0.25) is 5.89 Å². The van der Waals surface area contributed by atoms with Gasteiger partial charge in [-0.1, -0.05) is 36.0 Å². The fourth-order valence-corrected chi connectivity index (χ4v) is 4.77. The van der Waals surface area contributed by atoms with Crippen LogP contribution >= 0.6 is 23.1 Å². The van der Waals surface area contributed by atoms with Gasteiger partial charge in [-0.05, 0) is 43.5 Å². The van der Waals surface area contributed by atoms with Crippen LogP contribution in [0.4, 0.5) is 0 Å². The van der Waals surface area contributed by atoms with Crippen molar-refractivity contribution in [2.24, 2.45) is 0 Å². The summed E-state index contributed by atoms with van der Waals surface area (Å²) in [5.41, 5.74) is 2.83. The Kier molecular flexibility index (Phi) is 5.02. The van der Waals surface area contributed by atoms with E-state index in [-0.39, 0.29) is 0 Å². The van der Waals surface area contributed by atoms with Gasteiger partial charge in [0.15, 0.2) is 11.0 Å². The van der Waals surface area contributed by atoms with Crippen LogP contribution in [-0.4, -0.2) is 19.7 Å². The summed E-state index contributed by atoms with van der Waals surface area (Å²) in [4.78, 5) is 5.72. The lowest BCUT2D eigenvalue weighted by Gasteiger charge is -2.09. The molecule has 0 N–H and O–H groups in total. The van der Waals surface area contributed by atoms with Crippen molar-refractivity contribution in [2.75, 3.05) is 0 Å². The molecule has 0 unspecified atom stereocenters. The second kappa shape index (κ2) is 7.97. The topological polar surface area (TPSA) is 69.9 Å². The number of thiophene rings is 1. The van der Waals surface area contributed by atoms with E-state index in [4.69, 9.17) is 13.8 Å². The lowest BCUT2D eigenvalue weighted by molar-refractivity contribution is 0.535. The largest absolute Gasteiger partial charge is 0.469 e. The monoisotopic (exact) mass is 434 g/mol. The van der Waals surface area contributed by atoms with Gasteiger partial charge in [-0.3, -0.25) is 4.57 Å². The minimum atomic E-state index is 0.635. The Morgan fingerprint density at radius 2 is 1.87 bits per heavy atom. The molecule has 0 aliphatic rings. The number of aromatic nitrogens is 4. The minimum Gasteiger partial charge on any atom is -0.469 e. The van der Waals surface area contributed by atoms with Gasteiger partial charge < -0.3 is 8.83 Å². The zero-order valence-electron chi connectivity index (χ0n) is 16.4. The third-order valence-corrected chi connectivity index (χ3v) is 6.51. The molecule has 5 aromatic rings. The normalized spacial score (nSPS) is 11.3. The Morgan fingerprint density at radius 3 is 2.60 bits per heavy atom. The first-order valence-corrected chi connectivity index (χ1v) is 11.3. The van der Waals surface area contributed by atoms with Crippen LogP contribution in [0.25, 0.3) is 27.8 Å². The summed E-state index contributed by atoms with van der Waals surface area (Å²) in [6, 6.07) is 16.0. The van der Waals surface area contributed by atoms with Crippen LogP contribution in [0.5, 0.6) is 0 Å². The molecule has 0 amide bonds. The van der Waals surface area contributed by atoms with E-state index in [0.29, 0.717) is 11.6 Å². The van der Waals surface area contributed by atoms with Gasteiger partial charge >= 0.3 is 0 Å². The fraction of sp³-hybridized carbons (Fsp3) is 0.136. The lowest BCUT2D eigenvalue weighted by Crippen LogP contribution is -2.00. The predicted octanol–water partition coefficient (Wildman–Crippen LogP) is 6.15. The fourth-order valence-electron chi connectivity index (χ4n) is 3.17. The van der Waals surface area contributed by atoms with E-state index in [1.165, 1.54) is 0 Å². The molecule has 0 atom stereocenters. The van der Waals surface area contributed by atoms with Crippen LogP contribution in [0.15, 0.2) is 74.2 Å². The number of para-hydroxylation sites is 1. The number of oxazole rings is 1. The predicted molar refractivity (Wildman–Crippen MR) is 118 cm³/mol. The zero-order chi connectivity index (χ0) is 20.5. The van der Waals surface area contributed by atoms with E-state index in [2.05, 4.69) is 14.8 Å². The molecule has 4 aromatic heterocycles. The van der Waals surface area contributed by atoms with Gasteiger partial charge in [0.05, 0.1) is 22.4 Å². The highest BCUT2D eigenvalue weighted by atomic mass is 32.2. The third-order valence-electron chi connectivity index (χ3n) is 4.71. The Morgan fingerprint density at radius 1 is 1.00 bits per heavy atom. The van der Waals surface area contributed by atoms with Gasteiger partial charge in [0.1, 0.15) is 11.5 Å². The molecule has 0 fully saturated rings. The first-order chi connectivity index (χ1) is 14.7. The van der Waals surface area contributed by atoms with E-state index in [9.17, 15) is 0 Å². The van der Waals surface area contributed by atoms with Crippen molar-refractivity contribution in [1.29, 1.82) is 0 Å². The van der Waals surface area contributed by atoms with E-state index < -0.39 is 0 Å². The van der Waals surface area contributed by atoms with Gasteiger partial charge in [-0.2, -0.15) is 0 Å². The smallest absolute Gasteiger partial charge is 0.236 e. The molecule has 0 saturated carbocycles. The van der Waals surface area contributed by atoms with Crippen LogP contribution in [0.3, 0.4) is 0 Å². The van der Waals surface area contributed by atoms with E-state index in [0.717, 1.165) is 44.3 Å². The minimum absolute atomic E-state index is 0.635. The first-order valence-electron chi connectivity index (χ1n) is 9.39. The SMILES string of the molecule is Cc1occc1-c1nnc(SCc2nc(-c3cccs3)oc2C)n1-c1ccccc1. The Bertz CT molecular complexity index is 1270. The Labute approximate surface area is 181 Å². The molecule has 0 aliphatic heterocycles. The van der Waals surface area contributed by atoms with Gasteiger partial charge in [0.25, 0.3) is 0 Å². The van der Waals surface area contributed by atoms with Crippen LogP contribution in [-0.2, 0) is 5.75 Å². The maximum absolute atomic E-state index is 5.87. The molecule has 0 spiro atoms. The number of thioether (sulfide) groups is 1. The van der Waals surface area contributed by atoms with Crippen molar-refractivity contribution in [3.63, 3.8) is 0 Å². The average Bonchev–Trinajstić information content (AvgIpc) is 3.54. The number of hydrogen-bond donors (Lipinski definition) is 0. The molecule has 5 rings (SSSR count). The summed E-state index contributed by atoms with van der Waals surface area (Å²) in [5.74, 6) is 3.69. The molecular formula is C22H18N4O2S2. The second-order valence-electron chi connectivity index (χ2n) is 6.66. The molecule has 1 aromatic carbocycles. The van der Waals surface area contributed by atoms with E-state index >= 15 is 0 Å². The van der Waals surface area contributed by atoms with Gasteiger partial charge in [-0.25, -0.2) is 4.98 Å². The molecule has 0 aliphatic carbocycles. The average molecular weight is 435 g/mol. The number of nitrogens with zero attached hydrogens (tertiary/aromatic N) is 4. The number of hydrogen-bond acceptors (Lipinski definition) is 7. The highest BCUT2D eigenvalue weighted by Gasteiger charge is 2.20.